The standard InChI is InChI=1S/C17H25N3O4S/c1-13-3-4-15(11-16(13)17(21)24-2)25(22,23)20-8-5-14(12-20)19-9-6-18-7-10-19/h3-4,11,14,18H,5-10,12H2,1-2H3. The number of sulfonamides is 1. The first-order chi connectivity index (χ1) is 11.9. The lowest BCUT2D eigenvalue weighted by molar-refractivity contribution is 0.0599. The fourth-order valence-electron chi connectivity index (χ4n) is 3.51. The number of carbonyl (C=O) groups excluding carboxylic acids is 1. The van der Waals surface area contributed by atoms with E-state index in [1.165, 1.54) is 17.5 Å². The zero-order chi connectivity index (χ0) is 18.0. The van der Waals surface area contributed by atoms with Crippen LogP contribution in [0.3, 0.4) is 0 Å². The van der Waals surface area contributed by atoms with Crippen molar-refractivity contribution >= 4 is 16.0 Å². The van der Waals surface area contributed by atoms with Gasteiger partial charge in [-0.05, 0) is 31.0 Å². The molecular formula is C17H25N3O4S. The average molecular weight is 367 g/mol. The SMILES string of the molecule is COC(=O)c1cc(S(=O)(=O)N2CCC(N3CCNCC3)C2)ccc1C. The summed E-state index contributed by atoms with van der Waals surface area (Å²) in [6.07, 6.45) is 0.842. The van der Waals surface area contributed by atoms with Gasteiger partial charge in [0, 0.05) is 45.3 Å². The molecule has 1 N–H and O–H groups in total. The first-order valence-electron chi connectivity index (χ1n) is 8.57. The second-order valence-corrected chi connectivity index (χ2v) is 8.50. The molecule has 1 unspecified atom stereocenters. The fraction of sp³-hybridized carbons (Fsp3) is 0.588. The Kier molecular flexibility index (Phi) is 5.43. The van der Waals surface area contributed by atoms with Crippen LogP contribution in [-0.4, -0.2) is 76.0 Å². The smallest absolute Gasteiger partial charge is 0.338 e. The lowest BCUT2D eigenvalue weighted by atomic mass is 10.1. The van der Waals surface area contributed by atoms with Gasteiger partial charge in [-0.3, -0.25) is 4.90 Å². The normalized spacial score (nSPS) is 22.9. The van der Waals surface area contributed by atoms with Gasteiger partial charge in [-0.1, -0.05) is 6.07 Å². The second-order valence-electron chi connectivity index (χ2n) is 6.56. The maximum absolute atomic E-state index is 13.0. The molecule has 1 aromatic rings. The Morgan fingerprint density at radius 3 is 2.64 bits per heavy atom. The average Bonchev–Trinajstić information content (AvgIpc) is 3.13. The highest BCUT2D eigenvalue weighted by atomic mass is 32.2. The van der Waals surface area contributed by atoms with Crippen molar-refractivity contribution in [1.29, 1.82) is 0 Å². The van der Waals surface area contributed by atoms with Crippen molar-refractivity contribution in [3.63, 3.8) is 0 Å². The number of hydrogen-bond donors (Lipinski definition) is 1. The molecule has 0 radical (unpaired) electrons. The molecule has 0 spiro atoms. The minimum Gasteiger partial charge on any atom is -0.465 e. The summed E-state index contributed by atoms with van der Waals surface area (Å²) in [5.74, 6) is -0.519. The van der Waals surface area contributed by atoms with Crippen LogP contribution in [0.25, 0.3) is 0 Å². The molecule has 7 nitrogen and oxygen atoms in total. The van der Waals surface area contributed by atoms with Gasteiger partial charge >= 0.3 is 5.97 Å². The van der Waals surface area contributed by atoms with Crippen LogP contribution in [0.4, 0.5) is 0 Å². The van der Waals surface area contributed by atoms with Crippen LogP contribution in [0.1, 0.15) is 22.3 Å². The number of piperazine rings is 1. The minimum atomic E-state index is -3.61. The number of ether oxygens (including phenoxy) is 1. The van der Waals surface area contributed by atoms with Crippen LogP contribution in [0, 0.1) is 6.92 Å². The molecule has 0 saturated carbocycles. The van der Waals surface area contributed by atoms with Gasteiger partial charge in [0.05, 0.1) is 17.6 Å². The van der Waals surface area contributed by atoms with Gasteiger partial charge in [0.15, 0.2) is 0 Å². The molecular weight excluding hydrogens is 342 g/mol. The molecule has 2 aliphatic rings. The lowest BCUT2D eigenvalue weighted by Crippen LogP contribution is -2.49. The van der Waals surface area contributed by atoms with E-state index in [0.29, 0.717) is 24.2 Å². The Morgan fingerprint density at radius 2 is 1.96 bits per heavy atom. The quantitative estimate of drug-likeness (QED) is 0.779. The van der Waals surface area contributed by atoms with E-state index < -0.39 is 16.0 Å². The second kappa shape index (κ2) is 7.41. The molecule has 138 valence electrons. The Hall–Kier alpha value is -1.48. The summed E-state index contributed by atoms with van der Waals surface area (Å²) in [7, 11) is -2.31. The van der Waals surface area contributed by atoms with Crippen LogP contribution in [0.2, 0.25) is 0 Å². The summed E-state index contributed by atoms with van der Waals surface area (Å²) in [6, 6.07) is 4.91. The van der Waals surface area contributed by atoms with Crippen molar-refractivity contribution in [1.82, 2.24) is 14.5 Å². The number of esters is 1. The molecule has 0 amide bonds. The fourth-order valence-corrected chi connectivity index (χ4v) is 5.03. The summed E-state index contributed by atoms with van der Waals surface area (Å²) in [5, 5.41) is 3.32. The number of benzene rings is 1. The molecule has 2 fully saturated rings. The van der Waals surface area contributed by atoms with Crippen molar-refractivity contribution in [2.75, 3.05) is 46.4 Å². The zero-order valence-electron chi connectivity index (χ0n) is 14.7. The van der Waals surface area contributed by atoms with Gasteiger partial charge in [-0.2, -0.15) is 4.31 Å². The number of hydrogen-bond acceptors (Lipinski definition) is 6. The highest BCUT2D eigenvalue weighted by Crippen LogP contribution is 2.25. The number of nitrogens with one attached hydrogen (secondary N) is 1. The number of rotatable bonds is 4. The van der Waals surface area contributed by atoms with E-state index in [1.807, 2.05) is 0 Å². The first-order valence-corrected chi connectivity index (χ1v) is 10.0. The molecule has 0 aliphatic carbocycles. The van der Waals surface area contributed by atoms with Crippen molar-refractivity contribution in [2.45, 2.75) is 24.3 Å². The van der Waals surface area contributed by atoms with E-state index in [9.17, 15) is 13.2 Å². The predicted molar refractivity (Wildman–Crippen MR) is 94.1 cm³/mol. The zero-order valence-corrected chi connectivity index (χ0v) is 15.5. The van der Waals surface area contributed by atoms with Crippen LogP contribution in [0.5, 0.6) is 0 Å². The Balaban J connectivity index is 1.79. The van der Waals surface area contributed by atoms with Gasteiger partial charge < -0.3 is 10.1 Å². The van der Waals surface area contributed by atoms with E-state index in [1.54, 1.807) is 19.1 Å². The maximum atomic E-state index is 13.0. The van der Waals surface area contributed by atoms with Gasteiger partial charge in [-0.15, -0.1) is 0 Å². The van der Waals surface area contributed by atoms with Crippen molar-refractivity contribution in [2.24, 2.45) is 0 Å². The van der Waals surface area contributed by atoms with Crippen LogP contribution >= 0.6 is 0 Å². The lowest BCUT2D eigenvalue weighted by Gasteiger charge is -2.32. The van der Waals surface area contributed by atoms with Gasteiger partial charge in [-0.25, -0.2) is 13.2 Å². The van der Waals surface area contributed by atoms with E-state index >= 15 is 0 Å². The molecule has 3 rings (SSSR count). The Labute approximate surface area is 149 Å². The summed E-state index contributed by atoms with van der Waals surface area (Å²) < 4.78 is 32.2. The van der Waals surface area contributed by atoms with Crippen LogP contribution < -0.4 is 5.32 Å². The third-order valence-electron chi connectivity index (χ3n) is 5.05. The first kappa shape index (κ1) is 18.3. The Bertz CT molecular complexity index is 744. The van der Waals surface area contributed by atoms with E-state index in [0.717, 1.165) is 32.6 Å². The summed E-state index contributed by atoms with van der Waals surface area (Å²) in [4.78, 5) is 14.4. The van der Waals surface area contributed by atoms with Crippen molar-refractivity contribution < 1.29 is 17.9 Å². The number of methoxy groups -OCH3 is 1. The van der Waals surface area contributed by atoms with Crippen molar-refractivity contribution in [3.05, 3.63) is 29.3 Å². The molecule has 8 heteroatoms. The van der Waals surface area contributed by atoms with Gasteiger partial charge in [0.25, 0.3) is 0 Å². The third kappa shape index (κ3) is 3.72. The highest BCUT2D eigenvalue weighted by Gasteiger charge is 2.35. The molecule has 0 bridgehead atoms. The van der Waals surface area contributed by atoms with Crippen molar-refractivity contribution in [3.8, 4) is 0 Å². The summed E-state index contributed by atoms with van der Waals surface area (Å²) in [6.45, 7) is 6.58. The molecule has 2 heterocycles. The molecule has 25 heavy (non-hydrogen) atoms. The summed E-state index contributed by atoms with van der Waals surface area (Å²) >= 11 is 0. The monoisotopic (exact) mass is 367 g/mol. The number of nitrogens with zero attached hydrogens (tertiary/aromatic N) is 2. The maximum Gasteiger partial charge on any atom is 0.338 e. The molecule has 2 saturated heterocycles. The topological polar surface area (TPSA) is 79.0 Å². The minimum absolute atomic E-state index is 0.152. The third-order valence-corrected chi connectivity index (χ3v) is 6.91. The molecule has 0 aromatic heterocycles. The van der Waals surface area contributed by atoms with E-state index in [2.05, 4.69) is 10.2 Å². The van der Waals surface area contributed by atoms with E-state index in [4.69, 9.17) is 4.74 Å². The van der Waals surface area contributed by atoms with Gasteiger partial charge in [0.1, 0.15) is 0 Å². The molecule has 1 aromatic carbocycles. The summed E-state index contributed by atoms with van der Waals surface area (Å²) in [5.41, 5.74) is 0.993. The number of carbonyl (C=O) groups is 1. The largest absolute Gasteiger partial charge is 0.465 e. The highest BCUT2D eigenvalue weighted by molar-refractivity contribution is 7.89. The number of aryl methyl sites for hydroxylation is 1. The molecule has 1 atom stereocenters. The van der Waals surface area contributed by atoms with Crippen LogP contribution in [0.15, 0.2) is 23.1 Å². The van der Waals surface area contributed by atoms with Gasteiger partial charge in [0.2, 0.25) is 10.0 Å². The van der Waals surface area contributed by atoms with E-state index in [-0.39, 0.29) is 10.9 Å². The Morgan fingerprint density at radius 1 is 1.24 bits per heavy atom. The molecule has 2 aliphatic heterocycles. The predicted octanol–water partition coefficient (Wildman–Crippen LogP) is 0.450. The van der Waals surface area contributed by atoms with Crippen LogP contribution in [-0.2, 0) is 14.8 Å².